The Morgan fingerprint density at radius 1 is 1.31 bits per heavy atom. The Morgan fingerprint density at radius 3 is 3.07 bits per heavy atom. The number of benzene rings is 1. The van der Waals surface area contributed by atoms with E-state index in [9.17, 15) is 4.79 Å². The van der Waals surface area contributed by atoms with Crippen molar-refractivity contribution in [1.82, 2.24) is 25.5 Å². The second-order valence-electron chi connectivity index (χ2n) is 7.62. The van der Waals surface area contributed by atoms with E-state index in [0.717, 1.165) is 54.1 Å². The van der Waals surface area contributed by atoms with Gasteiger partial charge in [-0.05, 0) is 55.9 Å². The number of rotatable bonds is 6. The molecule has 0 radical (unpaired) electrons. The highest BCUT2D eigenvalue weighted by Crippen LogP contribution is 2.26. The fraction of sp³-hybridized carbons (Fsp3) is 0.429. The molecule has 1 fully saturated rings. The van der Waals surface area contributed by atoms with Crippen LogP contribution in [0.3, 0.4) is 0 Å². The van der Waals surface area contributed by atoms with Crippen molar-refractivity contribution in [1.29, 1.82) is 0 Å². The van der Waals surface area contributed by atoms with Crippen molar-refractivity contribution >= 4 is 22.8 Å². The molecule has 152 valence electrons. The summed E-state index contributed by atoms with van der Waals surface area (Å²) in [6.45, 7) is 6.53. The minimum absolute atomic E-state index is 0.0283. The number of amides is 1. The normalized spacial score (nSPS) is 16.8. The topological polar surface area (TPSA) is 96.0 Å². The summed E-state index contributed by atoms with van der Waals surface area (Å²) in [4.78, 5) is 23.1. The molecule has 0 aliphatic carbocycles. The smallest absolute Gasteiger partial charge is 0.257 e. The zero-order valence-corrected chi connectivity index (χ0v) is 16.8. The van der Waals surface area contributed by atoms with E-state index in [0.29, 0.717) is 12.5 Å². The van der Waals surface area contributed by atoms with Gasteiger partial charge in [-0.25, -0.2) is 9.97 Å². The summed E-state index contributed by atoms with van der Waals surface area (Å²) < 4.78 is 5.62. The number of hydrogen-bond acceptors (Lipinski definition) is 6. The number of anilines is 1. The highest BCUT2D eigenvalue weighted by atomic mass is 16.5. The van der Waals surface area contributed by atoms with Crippen molar-refractivity contribution in [3.63, 3.8) is 0 Å². The third kappa shape index (κ3) is 4.47. The number of ether oxygens (including phenoxy) is 1. The second kappa shape index (κ2) is 8.46. The molecule has 1 aromatic carbocycles. The van der Waals surface area contributed by atoms with E-state index in [-0.39, 0.29) is 12.5 Å². The van der Waals surface area contributed by atoms with Crippen molar-refractivity contribution in [3.8, 4) is 5.75 Å². The van der Waals surface area contributed by atoms with Gasteiger partial charge in [-0.3, -0.25) is 9.89 Å². The van der Waals surface area contributed by atoms with E-state index in [1.54, 1.807) is 12.5 Å². The molecule has 0 bridgehead atoms. The molecule has 8 nitrogen and oxygen atoms in total. The number of nitrogens with one attached hydrogen (secondary N) is 2. The largest absolute Gasteiger partial charge is 0.484 e. The Hall–Kier alpha value is -3.16. The molecule has 1 saturated heterocycles. The molecule has 3 aromatic rings. The maximum absolute atomic E-state index is 12.2. The Labute approximate surface area is 169 Å². The number of aryl methyl sites for hydroxylation is 2. The molecule has 1 aliphatic heterocycles. The summed E-state index contributed by atoms with van der Waals surface area (Å²) in [5.74, 6) is 1.89. The number of aromatic amines is 1. The van der Waals surface area contributed by atoms with Gasteiger partial charge < -0.3 is 15.0 Å². The maximum atomic E-state index is 12.2. The van der Waals surface area contributed by atoms with Gasteiger partial charge in [-0.2, -0.15) is 5.10 Å². The van der Waals surface area contributed by atoms with Crippen LogP contribution in [0, 0.1) is 19.8 Å². The Balaban J connectivity index is 1.29. The lowest BCUT2D eigenvalue weighted by atomic mass is 9.98. The molecule has 1 unspecified atom stereocenters. The lowest BCUT2D eigenvalue weighted by molar-refractivity contribution is -0.123. The minimum Gasteiger partial charge on any atom is -0.484 e. The number of carbonyl (C=O) groups excluding carboxylic acids is 1. The zero-order chi connectivity index (χ0) is 20.2. The Kier molecular flexibility index (Phi) is 5.59. The number of piperidine rings is 1. The first-order valence-electron chi connectivity index (χ1n) is 9.96. The van der Waals surface area contributed by atoms with E-state index in [1.807, 2.05) is 25.1 Å². The van der Waals surface area contributed by atoms with E-state index < -0.39 is 0 Å². The third-order valence-corrected chi connectivity index (χ3v) is 5.48. The molecule has 2 aromatic heterocycles. The van der Waals surface area contributed by atoms with Gasteiger partial charge in [0.05, 0.1) is 11.6 Å². The van der Waals surface area contributed by atoms with Crippen LogP contribution in [-0.2, 0) is 4.79 Å². The quantitative estimate of drug-likeness (QED) is 0.666. The van der Waals surface area contributed by atoms with E-state index >= 15 is 0 Å². The van der Waals surface area contributed by atoms with Gasteiger partial charge >= 0.3 is 0 Å². The molecule has 0 spiro atoms. The summed E-state index contributed by atoms with van der Waals surface area (Å²) in [5, 5.41) is 10.9. The molecular weight excluding hydrogens is 368 g/mol. The molecule has 0 saturated carbocycles. The van der Waals surface area contributed by atoms with Gasteiger partial charge in [0.2, 0.25) is 0 Å². The van der Waals surface area contributed by atoms with Gasteiger partial charge in [-0.15, -0.1) is 0 Å². The molecule has 29 heavy (non-hydrogen) atoms. The van der Waals surface area contributed by atoms with Crippen LogP contribution in [0.25, 0.3) is 11.0 Å². The molecule has 3 heterocycles. The molecule has 1 aliphatic rings. The Bertz CT molecular complexity index is 1000. The van der Waals surface area contributed by atoms with E-state index in [1.165, 1.54) is 5.56 Å². The predicted octanol–water partition coefficient (Wildman–Crippen LogP) is 2.38. The molecule has 2 N–H and O–H groups in total. The first-order valence-corrected chi connectivity index (χ1v) is 9.96. The molecule has 8 heteroatoms. The number of fused-ring (bicyclic) bond motifs is 1. The number of hydrogen-bond donors (Lipinski definition) is 2. The highest BCUT2D eigenvalue weighted by molar-refractivity contribution is 5.86. The minimum atomic E-state index is -0.0976. The lowest BCUT2D eigenvalue weighted by Gasteiger charge is -2.33. The second-order valence-corrected chi connectivity index (χ2v) is 7.62. The summed E-state index contributed by atoms with van der Waals surface area (Å²) in [5.41, 5.74) is 3.11. The van der Waals surface area contributed by atoms with Crippen LogP contribution in [0.4, 0.5) is 5.82 Å². The molecular formula is C21H26N6O2. The summed E-state index contributed by atoms with van der Waals surface area (Å²) in [7, 11) is 0. The van der Waals surface area contributed by atoms with Crippen molar-refractivity contribution in [2.45, 2.75) is 26.7 Å². The SMILES string of the molecule is Cc1ccc(OCC(=O)NCC2CCCN(c3ncnc4[nH]ncc34)C2)cc1C. The van der Waals surface area contributed by atoms with E-state index in [4.69, 9.17) is 4.74 Å². The number of nitrogens with zero attached hydrogens (tertiary/aromatic N) is 4. The highest BCUT2D eigenvalue weighted by Gasteiger charge is 2.23. The van der Waals surface area contributed by atoms with Crippen LogP contribution in [0.15, 0.2) is 30.7 Å². The average Bonchev–Trinajstić information content (AvgIpc) is 3.22. The number of H-pyrrole nitrogens is 1. The first-order chi connectivity index (χ1) is 14.1. The number of carbonyl (C=O) groups is 1. The predicted molar refractivity (Wildman–Crippen MR) is 111 cm³/mol. The van der Waals surface area contributed by atoms with Crippen LogP contribution in [-0.4, -0.2) is 52.3 Å². The van der Waals surface area contributed by atoms with Gasteiger partial charge in [-0.1, -0.05) is 6.07 Å². The molecule has 1 atom stereocenters. The van der Waals surface area contributed by atoms with Crippen LogP contribution < -0.4 is 15.0 Å². The Morgan fingerprint density at radius 2 is 2.21 bits per heavy atom. The van der Waals surface area contributed by atoms with Crippen molar-refractivity contribution in [3.05, 3.63) is 41.9 Å². The van der Waals surface area contributed by atoms with Crippen molar-refractivity contribution in [2.75, 3.05) is 31.1 Å². The number of aromatic nitrogens is 4. The summed E-state index contributed by atoms with van der Waals surface area (Å²) >= 11 is 0. The van der Waals surface area contributed by atoms with Crippen LogP contribution in [0.5, 0.6) is 5.75 Å². The van der Waals surface area contributed by atoms with Gasteiger partial charge in [0.15, 0.2) is 12.3 Å². The average molecular weight is 394 g/mol. The first kappa shape index (κ1) is 19.2. The van der Waals surface area contributed by atoms with Crippen molar-refractivity contribution < 1.29 is 9.53 Å². The third-order valence-electron chi connectivity index (χ3n) is 5.48. The fourth-order valence-corrected chi connectivity index (χ4v) is 3.69. The van der Waals surface area contributed by atoms with Crippen LogP contribution in [0.2, 0.25) is 0 Å². The van der Waals surface area contributed by atoms with Gasteiger partial charge in [0, 0.05) is 19.6 Å². The van der Waals surface area contributed by atoms with Gasteiger partial charge in [0.25, 0.3) is 5.91 Å². The van der Waals surface area contributed by atoms with Crippen LogP contribution >= 0.6 is 0 Å². The van der Waals surface area contributed by atoms with Crippen molar-refractivity contribution in [2.24, 2.45) is 5.92 Å². The zero-order valence-electron chi connectivity index (χ0n) is 16.8. The van der Waals surface area contributed by atoms with E-state index in [2.05, 4.69) is 37.3 Å². The van der Waals surface area contributed by atoms with Gasteiger partial charge in [0.1, 0.15) is 17.9 Å². The molecule has 1 amide bonds. The lowest BCUT2D eigenvalue weighted by Crippen LogP contribution is -2.42. The molecule has 4 rings (SSSR count). The summed E-state index contributed by atoms with van der Waals surface area (Å²) in [6, 6.07) is 5.86. The summed E-state index contributed by atoms with van der Waals surface area (Å²) in [6.07, 6.45) is 5.46. The van der Waals surface area contributed by atoms with Crippen LogP contribution in [0.1, 0.15) is 24.0 Å². The standard InChI is InChI=1S/C21H26N6O2/c1-14-5-6-17(8-15(14)2)29-12-19(28)22-9-16-4-3-7-27(11-16)21-18-10-25-26-20(18)23-13-24-21/h5-6,8,10,13,16H,3-4,7,9,11-12H2,1-2H3,(H,22,28)(H,23,24,25,26). The fourth-order valence-electron chi connectivity index (χ4n) is 3.69. The maximum Gasteiger partial charge on any atom is 0.257 e. The monoisotopic (exact) mass is 394 g/mol.